The first kappa shape index (κ1) is 17.1. The Morgan fingerprint density at radius 1 is 1.00 bits per heavy atom. The van der Waals surface area contributed by atoms with Crippen LogP contribution in [-0.2, 0) is 6.42 Å². The number of anilines is 1. The Bertz CT molecular complexity index is 1170. The predicted octanol–water partition coefficient (Wildman–Crippen LogP) is 4.42. The first-order valence-corrected chi connectivity index (χ1v) is 9.47. The number of aliphatic hydroxyl groups excluding tert-OH is 1. The van der Waals surface area contributed by atoms with Crippen molar-refractivity contribution in [2.24, 2.45) is 0 Å². The second-order valence-electron chi connectivity index (χ2n) is 6.89. The van der Waals surface area contributed by atoms with E-state index in [1.54, 1.807) is 12.4 Å². The van der Waals surface area contributed by atoms with Gasteiger partial charge >= 0.3 is 0 Å². The molecule has 6 heteroatoms. The van der Waals surface area contributed by atoms with Crippen molar-refractivity contribution in [3.05, 3.63) is 83.1 Å². The highest BCUT2D eigenvalue weighted by molar-refractivity contribution is 6.31. The van der Waals surface area contributed by atoms with Crippen molar-refractivity contribution in [2.45, 2.75) is 18.6 Å². The third-order valence-electron chi connectivity index (χ3n) is 5.09. The fourth-order valence-corrected chi connectivity index (χ4v) is 3.91. The molecule has 2 heterocycles. The lowest BCUT2D eigenvalue weighted by atomic mass is 10.1. The lowest BCUT2D eigenvalue weighted by Crippen LogP contribution is -2.22. The molecule has 2 N–H and O–H groups in total. The van der Waals surface area contributed by atoms with E-state index < -0.39 is 6.10 Å². The maximum absolute atomic E-state index is 10.6. The van der Waals surface area contributed by atoms with E-state index in [1.165, 1.54) is 0 Å². The molecule has 0 saturated heterocycles. The van der Waals surface area contributed by atoms with Crippen LogP contribution in [0, 0.1) is 0 Å². The third kappa shape index (κ3) is 2.99. The van der Waals surface area contributed by atoms with Gasteiger partial charge in [0.2, 0.25) is 0 Å². The van der Waals surface area contributed by atoms with Gasteiger partial charge in [-0.25, -0.2) is 9.97 Å². The minimum atomic E-state index is -0.522. The van der Waals surface area contributed by atoms with E-state index in [4.69, 9.17) is 16.6 Å². The minimum Gasteiger partial charge on any atom is -0.390 e. The number of aromatic nitrogens is 3. The molecule has 4 aromatic rings. The Labute approximate surface area is 167 Å². The summed E-state index contributed by atoms with van der Waals surface area (Å²) in [6, 6.07) is 17.1. The minimum absolute atomic E-state index is 0.237. The zero-order valence-electron chi connectivity index (χ0n) is 14.9. The van der Waals surface area contributed by atoms with Crippen LogP contribution >= 0.6 is 11.6 Å². The summed E-state index contributed by atoms with van der Waals surface area (Å²) in [6.45, 7) is 0. The molecule has 5 rings (SSSR count). The highest BCUT2D eigenvalue weighted by Crippen LogP contribution is 2.36. The molecule has 2 aromatic carbocycles. The lowest BCUT2D eigenvalue weighted by Gasteiger charge is -2.20. The van der Waals surface area contributed by atoms with Gasteiger partial charge in [-0.1, -0.05) is 35.9 Å². The van der Waals surface area contributed by atoms with Gasteiger partial charge in [0.1, 0.15) is 5.82 Å². The van der Waals surface area contributed by atoms with E-state index in [0.29, 0.717) is 23.1 Å². The first-order valence-electron chi connectivity index (χ1n) is 9.09. The van der Waals surface area contributed by atoms with Crippen LogP contribution in [0.5, 0.6) is 0 Å². The first-order chi connectivity index (χ1) is 13.7. The van der Waals surface area contributed by atoms with Crippen LogP contribution in [0.1, 0.15) is 17.2 Å². The van der Waals surface area contributed by atoms with E-state index in [-0.39, 0.29) is 6.04 Å². The van der Waals surface area contributed by atoms with Crippen molar-refractivity contribution in [1.29, 1.82) is 0 Å². The van der Waals surface area contributed by atoms with Crippen LogP contribution in [0.25, 0.3) is 22.3 Å². The molecule has 138 valence electrons. The van der Waals surface area contributed by atoms with Gasteiger partial charge in [0.25, 0.3) is 0 Å². The number of benzene rings is 2. The number of hydrogen-bond donors (Lipinski definition) is 2. The van der Waals surface area contributed by atoms with Gasteiger partial charge < -0.3 is 10.4 Å². The molecule has 28 heavy (non-hydrogen) atoms. The summed E-state index contributed by atoms with van der Waals surface area (Å²) in [4.78, 5) is 13.5. The molecule has 2 atom stereocenters. The number of hydrogen-bond acceptors (Lipinski definition) is 5. The summed E-state index contributed by atoms with van der Waals surface area (Å²) in [5.41, 5.74) is 3.91. The quantitative estimate of drug-likeness (QED) is 0.543. The number of nitrogens with one attached hydrogen (secondary N) is 1. The number of rotatable bonds is 3. The van der Waals surface area contributed by atoms with Crippen LogP contribution in [0.4, 0.5) is 5.82 Å². The summed E-state index contributed by atoms with van der Waals surface area (Å²) in [5.74, 6) is 1.25. The molecule has 0 amide bonds. The van der Waals surface area contributed by atoms with Gasteiger partial charge in [-0.15, -0.1) is 0 Å². The molecule has 0 bridgehead atoms. The molecule has 2 aromatic heterocycles. The Balaban J connectivity index is 1.64. The molecule has 5 nitrogen and oxygen atoms in total. The van der Waals surface area contributed by atoms with Crippen molar-refractivity contribution in [1.82, 2.24) is 15.0 Å². The maximum Gasteiger partial charge on any atom is 0.162 e. The van der Waals surface area contributed by atoms with Crippen molar-refractivity contribution in [2.75, 3.05) is 5.32 Å². The predicted molar refractivity (Wildman–Crippen MR) is 110 cm³/mol. The average molecular weight is 389 g/mol. The molecule has 0 spiro atoms. The van der Waals surface area contributed by atoms with E-state index in [2.05, 4.69) is 21.4 Å². The molecule has 0 aliphatic heterocycles. The molecule has 0 fully saturated rings. The molecule has 1 aliphatic rings. The summed E-state index contributed by atoms with van der Waals surface area (Å²) >= 11 is 6.23. The van der Waals surface area contributed by atoms with Crippen molar-refractivity contribution >= 4 is 28.3 Å². The second kappa shape index (κ2) is 6.86. The van der Waals surface area contributed by atoms with Crippen molar-refractivity contribution in [3.63, 3.8) is 0 Å². The van der Waals surface area contributed by atoms with E-state index in [1.807, 2.05) is 48.5 Å². The zero-order valence-corrected chi connectivity index (χ0v) is 15.6. The number of aliphatic hydroxyl groups is 1. The SMILES string of the molecule is O[C@@H]1Cc2ccccc2[C@@H]1Nc1nc(-c2ccncc2)nc2ccc(Cl)cc12. The number of pyridine rings is 1. The molecular formula is C22H17ClN4O. The molecular weight excluding hydrogens is 372 g/mol. The molecule has 0 unspecified atom stereocenters. The molecule has 0 saturated carbocycles. The topological polar surface area (TPSA) is 70.9 Å². The fourth-order valence-electron chi connectivity index (χ4n) is 3.74. The van der Waals surface area contributed by atoms with Gasteiger partial charge in [-0.05, 0) is 41.5 Å². The molecule has 1 aliphatic carbocycles. The highest BCUT2D eigenvalue weighted by atomic mass is 35.5. The molecule has 0 radical (unpaired) electrons. The van der Waals surface area contributed by atoms with E-state index in [0.717, 1.165) is 27.6 Å². The average Bonchev–Trinajstić information content (AvgIpc) is 3.04. The van der Waals surface area contributed by atoms with Gasteiger partial charge in [0.05, 0.1) is 17.7 Å². The van der Waals surface area contributed by atoms with Gasteiger partial charge in [-0.2, -0.15) is 0 Å². The standard InChI is InChI=1S/C22H17ClN4O/c23-15-5-6-18-17(12-15)22(27-21(25-18)13-7-9-24-10-8-13)26-20-16-4-2-1-3-14(16)11-19(20)28/h1-10,12,19-20,28H,11H2,(H,25,26,27)/t19-,20+/m1/s1. The number of halogens is 1. The normalized spacial score (nSPS) is 18.2. The zero-order chi connectivity index (χ0) is 19.1. The maximum atomic E-state index is 10.6. The number of fused-ring (bicyclic) bond motifs is 2. The van der Waals surface area contributed by atoms with Crippen LogP contribution < -0.4 is 5.32 Å². The van der Waals surface area contributed by atoms with Gasteiger partial charge in [-0.3, -0.25) is 4.98 Å². The summed E-state index contributed by atoms with van der Waals surface area (Å²) in [7, 11) is 0. The monoisotopic (exact) mass is 388 g/mol. The number of nitrogens with zero attached hydrogens (tertiary/aromatic N) is 3. The van der Waals surface area contributed by atoms with Crippen molar-refractivity contribution in [3.8, 4) is 11.4 Å². The smallest absolute Gasteiger partial charge is 0.162 e. The van der Waals surface area contributed by atoms with Crippen LogP contribution in [0.3, 0.4) is 0 Å². The summed E-state index contributed by atoms with van der Waals surface area (Å²) < 4.78 is 0. The fraction of sp³-hybridized carbons (Fsp3) is 0.136. The van der Waals surface area contributed by atoms with Crippen molar-refractivity contribution < 1.29 is 5.11 Å². The largest absolute Gasteiger partial charge is 0.390 e. The van der Waals surface area contributed by atoms with Crippen LogP contribution in [0.15, 0.2) is 67.0 Å². The van der Waals surface area contributed by atoms with Crippen LogP contribution in [0.2, 0.25) is 5.02 Å². The lowest BCUT2D eigenvalue weighted by molar-refractivity contribution is 0.165. The Morgan fingerprint density at radius 2 is 1.82 bits per heavy atom. The van der Waals surface area contributed by atoms with E-state index >= 15 is 0 Å². The van der Waals surface area contributed by atoms with Crippen LogP contribution in [-0.4, -0.2) is 26.2 Å². The highest BCUT2D eigenvalue weighted by Gasteiger charge is 2.31. The van der Waals surface area contributed by atoms with E-state index in [9.17, 15) is 5.11 Å². The van der Waals surface area contributed by atoms with Gasteiger partial charge in [0.15, 0.2) is 5.82 Å². The Kier molecular flexibility index (Phi) is 4.19. The van der Waals surface area contributed by atoms with Gasteiger partial charge in [0, 0.05) is 34.8 Å². The summed E-state index contributed by atoms with van der Waals surface area (Å²) in [6.07, 6.45) is 3.53. The Morgan fingerprint density at radius 3 is 2.68 bits per heavy atom. The Hall–Kier alpha value is -3.02. The summed E-state index contributed by atoms with van der Waals surface area (Å²) in [5, 5.41) is 15.5. The second-order valence-corrected chi connectivity index (χ2v) is 7.32. The third-order valence-corrected chi connectivity index (χ3v) is 5.33.